The van der Waals surface area contributed by atoms with E-state index < -0.39 is 5.09 Å². The van der Waals surface area contributed by atoms with Gasteiger partial charge in [0.05, 0.1) is 0 Å². The molecule has 5 nitrogen and oxygen atoms in total. The largest absolute Gasteiger partial charge is 0.311 e. The van der Waals surface area contributed by atoms with Crippen LogP contribution in [-0.2, 0) is 9.63 Å². The van der Waals surface area contributed by atoms with Crippen LogP contribution in [-0.4, -0.2) is 17.0 Å². The van der Waals surface area contributed by atoms with Gasteiger partial charge in [-0.05, 0) is 25.7 Å². The molecule has 1 aliphatic carbocycles. The fraction of sp³-hybridized carbons (Fsp3) is 0.909. The van der Waals surface area contributed by atoms with E-state index in [1.165, 1.54) is 0 Å². The summed E-state index contributed by atoms with van der Waals surface area (Å²) in [5.41, 5.74) is -0.318. The van der Waals surface area contributed by atoms with Crippen LogP contribution in [0, 0.1) is 21.4 Å². The monoisotopic (exact) mass is 229 g/mol. The molecule has 0 aromatic rings. The Hall–Kier alpha value is -1.13. The molecule has 16 heavy (non-hydrogen) atoms. The second-order valence-electron chi connectivity index (χ2n) is 5.42. The third-order valence-electron chi connectivity index (χ3n) is 3.02. The zero-order chi connectivity index (χ0) is 12.3. The van der Waals surface area contributed by atoms with Crippen LogP contribution >= 0.6 is 0 Å². The molecule has 0 saturated heterocycles. The first-order chi connectivity index (χ1) is 7.30. The second kappa shape index (κ2) is 4.80. The summed E-state index contributed by atoms with van der Waals surface area (Å²) in [5, 5.41) is 9.42. The predicted molar refractivity (Wildman–Crippen MR) is 58.3 cm³/mol. The van der Waals surface area contributed by atoms with Gasteiger partial charge < -0.3 is 4.84 Å². The number of nitrogens with zero attached hydrogens (tertiary/aromatic N) is 1. The molecule has 0 amide bonds. The summed E-state index contributed by atoms with van der Waals surface area (Å²) in [6.07, 6.45) is 2.29. The summed E-state index contributed by atoms with van der Waals surface area (Å²) in [7, 11) is 0. The maximum absolute atomic E-state index is 12.0. The normalized spacial score (nSPS) is 26.2. The molecule has 5 heteroatoms. The quantitative estimate of drug-likeness (QED) is 0.550. The van der Waals surface area contributed by atoms with Gasteiger partial charge >= 0.3 is 0 Å². The molecule has 0 aliphatic heterocycles. The Labute approximate surface area is 95.3 Å². The van der Waals surface area contributed by atoms with E-state index in [9.17, 15) is 14.9 Å². The van der Waals surface area contributed by atoms with Crippen molar-refractivity contribution in [1.29, 1.82) is 0 Å². The van der Waals surface area contributed by atoms with E-state index in [-0.39, 0.29) is 23.2 Å². The lowest BCUT2D eigenvalue weighted by Gasteiger charge is -2.30. The SMILES string of the molecule is CC(C)(C)C(=O)C1CCC(O[N+](=O)[O-])CC1. The van der Waals surface area contributed by atoms with Crippen molar-refractivity contribution >= 4 is 5.78 Å². The van der Waals surface area contributed by atoms with Gasteiger partial charge in [0, 0.05) is 11.3 Å². The molecule has 0 aromatic heterocycles. The smallest absolute Gasteiger partial charge is 0.294 e. The molecule has 0 heterocycles. The van der Waals surface area contributed by atoms with Crippen LogP contribution in [0.3, 0.4) is 0 Å². The highest BCUT2D eigenvalue weighted by Gasteiger charge is 2.33. The first kappa shape index (κ1) is 12.9. The third-order valence-corrected chi connectivity index (χ3v) is 3.02. The summed E-state index contributed by atoms with van der Waals surface area (Å²) in [6, 6.07) is 0. The Balaban J connectivity index is 2.43. The maximum atomic E-state index is 12.0. The van der Waals surface area contributed by atoms with Crippen molar-refractivity contribution in [3.8, 4) is 0 Å². The number of rotatable bonds is 3. The number of hydrogen-bond donors (Lipinski definition) is 0. The van der Waals surface area contributed by atoms with Gasteiger partial charge in [0.1, 0.15) is 11.9 Å². The Morgan fingerprint density at radius 1 is 1.25 bits per heavy atom. The third kappa shape index (κ3) is 3.47. The van der Waals surface area contributed by atoms with E-state index in [0.29, 0.717) is 25.7 Å². The molecule has 1 aliphatic rings. The van der Waals surface area contributed by atoms with Crippen molar-refractivity contribution in [3.05, 3.63) is 10.1 Å². The van der Waals surface area contributed by atoms with Gasteiger partial charge in [-0.1, -0.05) is 20.8 Å². The molecule has 1 rings (SSSR count). The Kier molecular flexibility index (Phi) is 3.88. The average Bonchev–Trinajstić information content (AvgIpc) is 2.15. The highest BCUT2D eigenvalue weighted by atomic mass is 17.0. The second-order valence-corrected chi connectivity index (χ2v) is 5.42. The van der Waals surface area contributed by atoms with Crippen LogP contribution in [0.15, 0.2) is 0 Å². The molecule has 0 spiro atoms. The van der Waals surface area contributed by atoms with E-state index in [2.05, 4.69) is 4.84 Å². The molecule has 1 fully saturated rings. The molecular formula is C11H19NO4. The number of carbonyl (C=O) groups is 1. The van der Waals surface area contributed by atoms with E-state index in [0.717, 1.165) is 0 Å². The first-order valence-electron chi connectivity index (χ1n) is 5.66. The lowest BCUT2D eigenvalue weighted by molar-refractivity contribution is -0.769. The molecule has 92 valence electrons. The fourth-order valence-corrected chi connectivity index (χ4v) is 2.16. The van der Waals surface area contributed by atoms with Crippen molar-refractivity contribution < 1.29 is 14.7 Å². The van der Waals surface area contributed by atoms with E-state index in [1.807, 2.05) is 20.8 Å². The zero-order valence-corrected chi connectivity index (χ0v) is 10.1. The number of hydrogen-bond acceptors (Lipinski definition) is 4. The zero-order valence-electron chi connectivity index (χ0n) is 10.1. The van der Waals surface area contributed by atoms with Gasteiger partial charge in [0.2, 0.25) is 0 Å². The van der Waals surface area contributed by atoms with Crippen LogP contribution in [0.5, 0.6) is 0 Å². The summed E-state index contributed by atoms with van der Waals surface area (Å²) in [6.45, 7) is 5.73. The van der Waals surface area contributed by atoms with Crippen LogP contribution in [0.1, 0.15) is 46.5 Å². The molecule has 0 N–H and O–H groups in total. The van der Waals surface area contributed by atoms with Crippen molar-refractivity contribution in [1.82, 2.24) is 0 Å². The minimum absolute atomic E-state index is 0.0478. The molecule has 0 radical (unpaired) electrons. The van der Waals surface area contributed by atoms with Crippen LogP contribution < -0.4 is 0 Å². The van der Waals surface area contributed by atoms with Crippen molar-refractivity contribution in [2.75, 3.05) is 0 Å². The number of carbonyl (C=O) groups excluding carboxylic acids is 1. The van der Waals surface area contributed by atoms with Gasteiger partial charge in [-0.2, -0.15) is 0 Å². The van der Waals surface area contributed by atoms with Crippen LogP contribution in [0.25, 0.3) is 0 Å². The van der Waals surface area contributed by atoms with Gasteiger partial charge in [-0.3, -0.25) is 4.79 Å². The summed E-state index contributed by atoms with van der Waals surface area (Å²) in [4.78, 5) is 26.6. The lowest BCUT2D eigenvalue weighted by Crippen LogP contribution is -2.33. The van der Waals surface area contributed by atoms with Gasteiger partial charge in [-0.15, -0.1) is 10.1 Å². The van der Waals surface area contributed by atoms with Gasteiger partial charge in [-0.25, -0.2) is 0 Å². The lowest BCUT2D eigenvalue weighted by atomic mass is 9.76. The van der Waals surface area contributed by atoms with E-state index in [4.69, 9.17) is 0 Å². The topological polar surface area (TPSA) is 69.4 Å². The summed E-state index contributed by atoms with van der Waals surface area (Å²) < 4.78 is 0. The molecular weight excluding hydrogens is 210 g/mol. The fourth-order valence-electron chi connectivity index (χ4n) is 2.16. The van der Waals surface area contributed by atoms with Gasteiger partial charge in [0.25, 0.3) is 5.09 Å². The first-order valence-corrected chi connectivity index (χ1v) is 5.66. The Morgan fingerprint density at radius 2 is 1.75 bits per heavy atom. The van der Waals surface area contributed by atoms with Crippen LogP contribution in [0.2, 0.25) is 0 Å². The van der Waals surface area contributed by atoms with Crippen molar-refractivity contribution in [2.45, 2.75) is 52.6 Å². The number of ketones is 1. The Bertz CT molecular complexity index is 274. The predicted octanol–water partition coefficient (Wildman–Crippen LogP) is 2.37. The molecule has 1 saturated carbocycles. The minimum Gasteiger partial charge on any atom is -0.311 e. The highest BCUT2D eigenvalue weighted by molar-refractivity contribution is 5.85. The molecule has 0 aromatic carbocycles. The van der Waals surface area contributed by atoms with Crippen LogP contribution in [0.4, 0.5) is 0 Å². The number of Topliss-reactive ketones (excluding diaryl/α,β-unsaturated/α-hetero) is 1. The average molecular weight is 229 g/mol. The van der Waals surface area contributed by atoms with Crippen molar-refractivity contribution in [2.24, 2.45) is 11.3 Å². The minimum atomic E-state index is -0.740. The van der Waals surface area contributed by atoms with E-state index >= 15 is 0 Å². The van der Waals surface area contributed by atoms with Crippen molar-refractivity contribution in [3.63, 3.8) is 0 Å². The summed E-state index contributed by atoms with van der Waals surface area (Å²) in [5.74, 6) is 0.304. The maximum Gasteiger partial charge on any atom is 0.294 e. The van der Waals surface area contributed by atoms with Gasteiger partial charge in [0.15, 0.2) is 0 Å². The molecule has 0 atom stereocenters. The highest BCUT2D eigenvalue weighted by Crippen LogP contribution is 2.32. The molecule has 0 bridgehead atoms. The summed E-state index contributed by atoms with van der Waals surface area (Å²) >= 11 is 0. The Morgan fingerprint density at radius 3 is 2.12 bits per heavy atom. The standard InChI is InChI=1S/C11H19NO4/c1-11(2,3)10(13)8-4-6-9(7-5-8)16-12(14)15/h8-9H,4-7H2,1-3H3. The molecule has 0 unspecified atom stereocenters. The van der Waals surface area contributed by atoms with E-state index in [1.54, 1.807) is 0 Å².